The van der Waals surface area contributed by atoms with Crippen LogP contribution in [0.4, 0.5) is 5.82 Å². The van der Waals surface area contributed by atoms with Crippen LogP contribution < -0.4 is 10.6 Å². The minimum Gasteiger partial charge on any atom is -0.350 e. The summed E-state index contributed by atoms with van der Waals surface area (Å²) in [6.45, 7) is 2.56. The highest BCUT2D eigenvalue weighted by atomic mass is 16.2. The maximum absolute atomic E-state index is 11.9. The summed E-state index contributed by atoms with van der Waals surface area (Å²) in [5.41, 5.74) is 2.23. The van der Waals surface area contributed by atoms with Crippen LogP contribution in [-0.2, 0) is 22.7 Å². The van der Waals surface area contributed by atoms with Crippen LogP contribution in [-0.4, -0.2) is 26.8 Å². The number of anilines is 1. The number of amides is 2. The largest absolute Gasteiger partial charge is 0.350 e. The van der Waals surface area contributed by atoms with Gasteiger partial charge in [-0.05, 0) is 25.3 Å². The number of carbonyl (C=O) groups excluding carboxylic acids is 2. The smallest absolute Gasteiger partial charge is 0.242 e. The number of aryl methyl sites for hydroxylation is 1. The maximum Gasteiger partial charge on any atom is 0.242 e. The molecule has 0 aliphatic heterocycles. The zero-order chi connectivity index (χ0) is 16.2. The standard InChI is InChI=1S/C16H19N5O2/c1-11-2-4-12(5-3-11)8-17-15(22)10-21-9-14(19-20-21)18-16(23)13-6-7-13/h2-5,9,13H,6-8,10H2,1H3,(H,17,22)(H,18,23). The average molecular weight is 313 g/mol. The van der Waals surface area contributed by atoms with E-state index in [-0.39, 0.29) is 24.3 Å². The van der Waals surface area contributed by atoms with Crippen molar-refractivity contribution in [1.29, 1.82) is 0 Å². The normalized spacial score (nSPS) is 13.6. The number of carbonyl (C=O) groups is 2. The van der Waals surface area contributed by atoms with E-state index in [0.29, 0.717) is 12.4 Å². The molecule has 1 aromatic heterocycles. The lowest BCUT2D eigenvalue weighted by atomic mass is 10.1. The fraction of sp³-hybridized carbons (Fsp3) is 0.375. The van der Waals surface area contributed by atoms with Crippen LogP contribution >= 0.6 is 0 Å². The van der Waals surface area contributed by atoms with Gasteiger partial charge >= 0.3 is 0 Å². The SMILES string of the molecule is Cc1ccc(CNC(=O)Cn2cc(NC(=O)C3CC3)nn2)cc1. The first kappa shape index (κ1) is 15.2. The molecule has 3 rings (SSSR count). The quantitative estimate of drug-likeness (QED) is 0.840. The van der Waals surface area contributed by atoms with Gasteiger partial charge in [0, 0.05) is 12.5 Å². The van der Waals surface area contributed by atoms with Gasteiger partial charge in [-0.2, -0.15) is 0 Å². The second kappa shape index (κ2) is 6.60. The van der Waals surface area contributed by atoms with E-state index in [1.54, 1.807) is 6.20 Å². The van der Waals surface area contributed by atoms with Crippen molar-refractivity contribution < 1.29 is 9.59 Å². The van der Waals surface area contributed by atoms with E-state index in [0.717, 1.165) is 18.4 Å². The van der Waals surface area contributed by atoms with E-state index in [9.17, 15) is 9.59 Å². The highest BCUT2D eigenvalue weighted by Crippen LogP contribution is 2.29. The lowest BCUT2D eigenvalue weighted by Gasteiger charge is -2.05. The summed E-state index contributed by atoms with van der Waals surface area (Å²) >= 11 is 0. The van der Waals surface area contributed by atoms with Gasteiger partial charge in [0.2, 0.25) is 11.8 Å². The lowest BCUT2D eigenvalue weighted by Crippen LogP contribution is -2.27. The van der Waals surface area contributed by atoms with E-state index >= 15 is 0 Å². The van der Waals surface area contributed by atoms with Crippen LogP contribution in [0.5, 0.6) is 0 Å². The highest BCUT2D eigenvalue weighted by molar-refractivity contribution is 5.93. The number of nitrogens with zero attached hydrogens (tertiary/aromatic N) is 3. The molecular formula is C16H19N5O2. The third-order valence-electron chi connectivity index (χ3n) is 3.65. The minimum absolute atomic E-state index is 0.0270. The topological polar surface area (TPSA) is 88.9 Å². The van der Waals surface area contributed by atoms with Crippen LogP contribution in [0, 0.1) is 12.8 Å². The van der Waals surface area contributed by atoms with E-state index in [1.165, 1.54) is 10.2 Å². The van der Waals surface area contributed by atoms with Crippen LogP contribution in [0.15, 0.2) is 30.5 Å². The van der Waals surface area contributed by atoms with Gasteiger partial charge in [-0.15, -0.1) is 5.10 Å². The molecule has 2 amide bonds. The van der Waals surface area contributed by atoms with Gasteiger partial charge in [0.25, 0.3) is 0 Å². The zero-order valence-corrected chi connectivity index (χ0v) is 13.0. The molecule has 2 N–H and O–H groups in total. The van der Waals surface area contributed by atoms with Crippen LogP contribution in [0.2, 0.25) is 0 Å². The Morgan fingerprint density at radius 3 is 2.70 bits per heavy atom. The number of nitrogens with one attached hydrogen (secondary N) is 2. The van der Waals surface area contributed by atoms with Crippen molar-refractivity contribution in [3.8, 4) is 0 Å². The molecule has 1 aliphatic carbocycles. The van der Waals surface area contributed by atoms with Crippen molar-refractivity contribution in [3.05, 3.63) is 41.6 Å². The van der Waals surface area contributed by atoms with Crippen LogP contribution in [0.3, 0.4) is 0 Å². The number of hydrogen-bond donors (Lipinski definition) is 2. The Labute approximate surface area is 134 Å². The molecule has 1 heterocycles. The van der Waals surface area contributed by atoms with E-state index in [1.807, 2.05) is 31.2 Å². The van der Waals surface area contributed by atoms with Crippen LogP contribution in [0.1, 0.15) is 24.0 Å². The van der Waals surface area contributed by atoms with Gasteiger partial charge in [-0.25, -0.2) is 4.68 Å². The summed E-state index contributed by atoms with van der Waals surface area (Å²) in [4.78, 5) is 23.5. The Balaban J connectivity index is 1.46. The Morgan fingerprint density at radius 1 is 1.26 bits per heavy atom. The van der Waals surface area contributed by atoms with E-state index < -0.39 is 0 Å². The summed E-state index contributed by atoms with van der Waals surface area (Å²) < 4.78 is 1.41. The zero-order valence-electron chi connectivity index (χ0n) is 13.0. The number of hydrogen-bond acceptors (Lipinski definition) is 4. The van der Waals surface area contributed by atoms with Gasteiger partial charge in [0.1, 0.15) is 6.54 Å². The first-order chi connectivity index (χ1) is 11.1. The molecule has 1 aliphatic rings. The van der Waals surface area contributed by atoms with Crippen molar-refractivity contribution in [1.82, 2.24) is 20.3 Å². The lowest BCUT2D eigenvalue weighted by molar-refractivity contribution is -0.122. The minimum atomic E-state index is -0.157. The third kappa shape index (κ3) is 4.38. The molecule has 7 heteroatoms. The Morgan fingerprint density at radius 2 is 2.00 bits per heavy atom. The highest BCUT2D eigenvalue weighted by Gasteiger charge is 2.30. The van der Waals surface area contributed by atoms with Crippen molar-refractivity contribution in [2.24, 2.45) is 5.92 Å². The van der Waals surface area contributed by atoms with E-state index in [2.05, 4.69) is 20.9 Å². The summed E-state index contributed by atoms with van der Waals surface area (Å²) in [5.74, 6) is 0.308. The predicted molar refractivity (Wildman–Crippen MR) is 84.4 cm³/mol. The monoisotopic (exact) mass is 313 g/mol. The Bertz CT molecular complexity index is 704. The molecule has 1 aromatic carbocycles. The number of aromatic nitrogens is 3. The summed E-state index contributed by atoms with van der Waals surface area (Å²) in [7, 11) is 0. The predicted octanol–water partition coefficient (Wildman–Crippen LogP) is 1.25. The molecule has 0 spiro atoms. The molecule has 0 unspecified atom stereocenters. The average Bonchev–Trinajstić information content (AvgIpc) is 3.30. The Hall–Kier alpha value is -2.70. The Kier molecular flexibility index (Phi) is 4.36. The van der Waals surface area contributed by atoms with Gasteiger partial charge in [-0.1, -0.05) is 35.0 Å². The van der Waals surface area contributed by atoms with Crippen LogP contribution in [0.25, 0.3) is 0 Å². The second-order valence-electron chi connectivity index (χ2n) is 5.83. The molecule has 7 nitrogen and oxygen atoms in total. The van der Waals surface area contributed by atoms with E-state index in [4.69, 9.17) is 0 Å². The molecule has 0 radical (unpaired) electrons. The van der Waals surface area contributed by atoms with Crippen molar-refractivity contribution in [2.45, 2.75) is 32.9 Å². The fourth-order valence-corrected chi connectivity index (χ4v) is 2.12. The van der Waals surface area contributed by atoms with Gasteiger partial charge < -0.3 is 10.6 Å². The number of rotatable bonds is 6. The summed E-state index contributed by atoms with van der Waals surface area (Å²) in [6, 6.07) is 7.98. The molecule has 0 atom stereocenters. The van der Waals surface area contributed by atoms with Crippen molar-refractivity contribution in [2.75, 3.05) is 5.32 Å². The molecule has 1 fully saturated rings. The van der Waals surface area contributed by atoms with Gasteiger partial charge in [-0.3, -0.25) is 9.59 Å². The third-order valence-corrected chi connectivity index (χ3v) is 3.65. The number of benzene rings is 1. The molecule has 0 saturated heterocycles. The first-order valence-electron chi connectivity index (χ1n) is 7.63. The maximum atomic E-state index is 11.9. The fourth-order valence-electron chi connectivity index (χ4n) is 2.12. The summed E-state index contributed by atoms with van der Waals surface area (Å²) in [5, 5.41) is 13.2. The molecule has 120 valence electrons. The van der Waals surface area contributed by atoms with Crippen molar-refractivity contribution >= 4 is 17.6 Å². The van der Waals surface area contributed by atoms with Crippen molar-refractivity contribution in [3.63, 3.8) is 0 Å². The van der Waals surface area contributed by atoms with Gasteiger partial charge in [0.05, 0.1) is 6.20 Å². The second-order valence-corrected chi connectivity index (χ2v) is 5.83. The molecule has 23 heavy (non-hydrogen) atoms. The molecule has 0 bridgehead atoms. The molecule has 1 saturated carbocycles. The first-order valence-corrected chi connectivity index (χ1v) is 7.63. The van der Waals surface area contributed by atoms with Gasteiger partial charge in [0.15, 0.2) is 5.82 Å². The molecular weight excluding hydrogens is 294 g/mol. The molecule has 2 aromatic rings. The summed E-state index contributed by atoms with van der Waals surface area (Å²) in [6.07, 6.45) is 3.43.